The van der Waals surface area contributed by atoms with Gasteiger partial charge in [-0.05, 0) is 25.5 Å². The van der Waals surface area contributed by atoms with Gasteiger partial charge >= 0.3 is 5.97 Å². The zero-order valence-electron chi connectivity index (χ0n) is 8.59. The summed E-state index contributed by atoms with van der Waals surface area (Å²) in [5.41, 5.74) is 0. The molecule has 0 saturated heterocycles. The molecule has 2 heterocycles. The topological polar surface area (TPSA) is 44.8 Å². The summed E-state index contributed by atoms with van der Waals surface area (Å²) in [6.07, 6.45) is 6.76. The molecule has 2 aliphatic rings. The number of rotatable bonds is 2. The predicted molar refractivity (Wildman–Crippen MR) is 53.1 cm³/mol. The standard InChI is InChI=1S/C11H14O4/c1-2-13-11-7-6-9-8(15-11)4-3-5-10(12)14-9/h3,5-9,11H,2,4H2,1H3. The lowest BCUT2D eigenvalue weighted by atomic mass is 10.1. The molecule has 0 N–H and O–H groups in total. The maximum absolute atomic E-state index is 11.1. The first-order chi connectivity index (χ1) is 7.29. The van der Waals surface area contributed by atoms with E-state index in [9.17, 15) is 4.79 Å². The van der Waals surface area contributed by atoms with Crippen LogP contribution >= 0.6 is 0 Å². The van der Waals surface area contributed by atoms with Crippen LogP contribution in [0.15, 0.2) is 24.3 Å². The molecular weight excluding hydrogens is 196 g/mol. The Labute approximate surface area is 88.5 Å². The first-order valence-corrected chi connectivity index (χ1v) is 5.12. The first kappa shape index (κ1) is 10.4. The number of fused-ring (bicyclic) bond motifs is 1. The SMILES string of the molecule is CCOC1C=CC2OC(=O)C=CCC2O1. The monoisotopic (exact) mass is 210 g/mol. The lowest BCUT2D eigenvalue weighted by Crippen LogP contribution is -2.37. The van der Waals surface area contributed by atoms with E-state index in [1.807, 2.05) is 13.0 Å². The van der Waals surface area contributed by atoms with Crippen LogP contribution in [0.1, 0.15) is 13.3 Å². The number of hydrogen-bond donors (Lipinski definition) is 0. The largest absolute Gasteiger partial charge is 0.452 e. The van der Waals surface area contributed by atoms with E-state index in [-0.39, 0.29) is 24.5 Å². The maximum atomic E-state index is 11.1. The predicted octanol–water partition coefficient (Wildman–Crippen LogP) is 1.18. The van der Waals surface area contributed by atoms with E-state index in [4.69, 9.17) is 14.2 Å². The lowest BCUT2D eigenvalue weighted by molar-refractivity contribution is -0.179. The normalized spacial score (nSPS) is 34.5. The molecule has 0 saturated carbocycles. The van der Waals surface area contributed by atoms with Crippen LogP contribution in [0.4, 0.5) is 0 Å². The second-order valence-electron chi connectivity index (χ2n) is 3.42. The summed E-state index contributed by atoms with van der Waals surface area (Å²) in [7, 11) is 0. The number of carbonyl (C=O) groups excluding carboxylic acids is 1. The Hall–Kier alpha value is -1.13. The van der Waals surface area contributed by atoms with Crippen molar-refractivity contribution < 1.29 is 19.0 Å². The molecule has 0 spiro atoms. The molecular formula is C11H14O4. The molecule has 0 aromatic heterocycles. The molecule has 0 aromatic carbocycles. The van der Waals surface area contributed by atoms with Crippen LogP contribution < -0.4 is 0 Å². The van der Waals surface area contributed by atoms with Crippen LogP contribution in [0.25, 0.3) is 0 Å². The van der Waals surface area contributed by atoms with Gasteiger partial charge in [-0.2, -0.15) is 0 Å². The van der Waals surface area contributed by atoms with Crippen LogP contribution in [-0.2, 0) is 19.0 Å². The Kier molecular flexibility index (Phi) is 3.18. The Morgan fingerprint density at radius 2 is 2.40 bits per heavy atom. The van der Waals surface area contributed by atoms with Crippen molar-refractivity contribution in [2.45, 2.75) is 31.8 Å². The van der Waals surface area contributed by atoms with Gasteiger partial charge in [-0.25, -0.2) is 4.79 Å². The summed E-state index contributed by atoms with van der Waals surface area (Å²) in [5, 5.41) is 0. The molecule has 0 amide bonds. The van der Waals surface area contributed by atoms with Crippen molar-refractivity contribution in [3.8, 4) is 0 Å². The molecule has 3 unspecified atom stereocenters. The minimum Gasteiger partial charge on any atom is -0.452 e. The number of carbonyl (C=O) groups is 1. The van der Waals surface area contributed by atoms with E-state index < -0.39 is 0 Å². The third kappa shape index (κ3) is 2.46. The van der Waals surface area contributed by atoms with E-state index in [1.54, 1.807) is 12.2 Å². The van der Waals surface area contributed by atoms with Gasteiger partial charge in [0.15, 0.2) is 6.29 Å². The second-order valence-corrected chi connectivity index (χ2v) is 3.42. The average Bonchev–Trinajstić information content (AvgIpc) is 2.39. The highest BCUT2D eigenvalue weighted by Crippen LogP contribution is 2.22. The van der Waals surface area contributed by atoms with Crippen molar-refractivity contribution in [3.05, 3.63) is 24.3 Å². The van der Waals surface area contributed by atoms with Gasteiger partial charge in [-0.1, -0.05) is 6.08 Å². The molecule has 4 heteroatoms. The number of hydrogen-bond acceptors (Lipinski definition) is 4. The van der Waals surface area contributed by atoms with Crippen molar-refractivity contribution >= 4 is 5.97 Å². The Balaban J connectivity index is 2.04. The van der Waals surface area contributed by atoms with Crippen LogP contribution in [0.2, 0.25) is 0 Å². The second kappa shape index (κ2) is 4.59. The van der Waals surface area contributed by atoms with Gasteiger partial charge in [-0.15, -0.1) is 0 Å². The zero-order chi connectivity index (χ0) is 10.7. The van der Waals surface area contributed by atoms with Crippen molar-refractivity contribution in [1.82, 2.24) is 0 Å². The molecule has 0 fully saturated rings. The van der Waals surface area contributed by atoms with Crippen LogP contribution in [0, 0.1) is 0 Å². The van der Waals surface area contributed by atoms with Gasteiger partial charge in [0.25, 0.3) is 0 Å². The minimum absolute atomic E-state index is 0.130. The fourth-order valence-electron chi connectivity index (χ4n) is 1.65. The fourth-order valence-corrected chi connectivity index (χ4v) is 1.65. The molecule has 15 heavy (non-hydrogen) atoms. The van der Waals surface area contributed by atoms with Gasteiger partial charge < -0.3 is 14.2 Å². The van der Waals surface area contributed by atoms with E-state index in [0.717, 1.165) is 0 Å². The summed E-state index contributed by atoms with van der Waals surface area (Å²) < 4.78 is 16.1. The molecule has 2 aliphatic heterocycles. The van der Waals surface area contributed by atoms with Gasteiger partial charge in [0, 0.05) is 12.7 Å². The Bertz CT molecular complexity index is 295. The van der Waals surface area contributed by atoms with Gasteiger partial charge in [0.1, 0.15) is 12.2 Å². The third-order valence-electron chi connectivity index (χ3n) is 2.34. The Morgan fingerprint density at radius 1 is 1.53 bits per heavy atom. The highest BCUT2D eigenvalue weighted by atomic mass is 16.7. The highest BCUT2D eigenvalue weighted by molar-refractivity contribution is 5.82. The summed E-state index contributed by atoms with van der Waals surface area (Å²) in [6.45, 7) is 2.51. The van der Waals surface area contributed by atoms with E-state index in [0.29, 0.717) is 13.0 Å². The molecule has 3 atom stereocenters. The molecule has 4 nitrogen and oxygen atoms in total. The Morgan fingerprint density at radius 3 is 3.20 bits per heavy atom. The van der Waals surface area contributed by atoms with Gasteiger partial charge in [-0.3, -0.25) is 0 Å². The molecule has 2 rings (SSSR count). The first-order valence-electron chi connectivity index (χ1n) is 5.12. The van der Waals surface area contributed by atoms with Crippen molar-refractivity contribution in [2.24, 2.45) is 0 Å². The average molecular weight is 210 g/mol. The number of ether oxygens (including phenoxy) is 3. The molecule has 0 aliphatic carbocycles. The van der Waals surface area contributed by atoms with E-state index in [2.05, 4.69) is 0 Å². The van der Waals surface area contributed by atoms with Gasteiger partial charge in [0.2, 0.25) is 0 Å². The lowest BCUT2D eigenvalue weighted by Gasteiger charge is -2.29. The van der Waals surface area contributed by atoms with Gasteiger partial charge in [0.05, 0.1) is 0 Å². The maximum Gasteiger partial charge on any atom is 0.331 e. The van der Waals surface area contributed by atoms with Crippen LogP contribution in [-0.4, -0.2) is 31.1 Å². The minimum atomic E-state index is -0.318. The zero-order valence-corrected chi connectivity index (χ0v) is 8.59. The van der Waals surface area contributed by atoms with E-state index >= 15 is 0 Å². The van der Waals surface area contributed by atoms with Crippen molar-refractivity contribution in [3.63, 3.8) is 0 Å². The molecule has 0 radical (unpaired) electrons. The van der Waals surface area contributed by atoms with Crippen LogP contribution in [0.3, 0.4) is 0 Å². The van der Waals surface area contributed by atoms with E-state index in [1.165, 1.54) is 6.08 Å². The van der Waals surface area contributed by atoms with Crippen molar-refractivity contribution in [2.75, 3.05) is 6.61 Å². The molecule has 0 bridgehead atoms. The highest BCUT2D eigenvalue weighted by Gasteiger charge is 2.30. The smallest absolute Gasteiger partial charge is 0.331 e. The summed E-state index contributed by atoms with van der Waals surface area (Å²) in [6, 6.07) is 0. The summed E-state index contributed by atoms with van der Waals surface area (Å²) in [4.78, 5) is 11.1. The summed E-state index contributed by atoms with van der Waals surface area (Å²) in [5.74, 6) is -0.314. The third-order valence-corrected chi connectivity index (χ3v) is 2.34. The molecule has 0 aromatic rings. The van der Waals surface area contributed by atoms with Crippen LogP contribution in [0.5, 0.6) is 0 Å². The number of esters is 1. The van der Waals surface area contributed by atoms with Crippen molar-refractivity contribution in [1.29, 1.82) is 0 Å². The fraction of sp³-hybridized carbons (Fsp3) is 0.545. The summed E-state index contributed by atoms with van der Waals surface area (Å²) >= 11 is 0. The quantitative estimate of drug-likeness (QED) is 0.507. The molecule has 82 valence electrons.